The number of ketones is 2. The summed E-state index contributed by atoms with van der Waals surface area (Å²) >= 11 is 0. The van der Waals surface area contributed by atoms with Crippen molar-refractivity contribution >= 4 is 11.6 Å². The Morgan fingerprint density at radius 1 is 0.852 bits per heavy atom. The van der Waals surface area contributed by atoms with Crippen LogP contribution >= 0.6 is 0 Å². The number of ether oxygens (including phenoxy) is 1. The zero-order chi connectivity index (χ0) is 19.1. The lowest BCUT2D eigenvalue weighted by Gasteiger charge is -2.16. The lowest BCUT2D eigenvalue weighted by atomic mass is 9.85. The fourth-order valence-corrected chi connectivity index (χ4v) is 3.16. The Balaban J connectivity index is 1.81. The lowest BCUT2D eigenvalue weighted by molar-refractivity contribution is -0.118. The van der Waals surface area contributed by atoms with E-state index in [0.717, 1.165) is 16.9 Å². The molecule has 0 aliphatic carbocycles. The van der Waals surface area contributed by atoms with Crippen molar-refractivity contribution in [1.82, 2.24) is 0 Å². The molecule has 0 bridgehead atoms. The number of carbonyl (C=O) groups excluding carboxylic acids is 2. The number of methoxy groups -OCH3 is 1. The van der Waals surface area contributed by atoms with Crippen molar-refractivity contribution < 1.29 is 14.3 Å². The lowest BCUT2D eigenvalue weighted by Crippen LogP contribution is -2.18. The number of Topliss-reactive ketones (excluding diaryl/α,β-unsaturated/α-hetero) is 2. The predicted molar refractivity (Wildman–Crippen MR) is 106 cm³/mol. The minimum absolute atomic E-state index is 0.0270. The van der Waals surface area contributed by atoms with Gasteiger partial charge in [0.2, 0.25) is 0 Å². The summed E-state index contributed by atoms with van der Waals surface area (Å²) in [5, 5.41) is 0. The molecule has 0 aliphatic heterocycles. The first kappa shape index (κ1) is 18.6. The maximum atomic E-state index is 13.1. The molecule has 0 N–H and O–H groups in total. The molecule has 0 saturated heterocycles. The van der Waals surface area contributed by atoms with Crippen molar-refractivity contribution in [2.75, 3.05) is 7.11 Å². The van der Waals surface area contributed by atoms with Crippen molar-refractivity contribution in [2.45, 2.75) is 18.8 Å². The highest BCUT2D eigenvalue weighted by atomic mass is 16.5. The van der Waals surface area contributed by atoms with Crippen LogP contribution in [0.3, 0.4) is 0 Å². The molecule has 3 rings (SSSR count). The van der Waals surface area contributed by atoms with Gasteiger partial charge in [0.25, 0.3) is 0 Å². The van der Waals surface area contributed by atoms with Crippen LogP contribution in [0.15, 0.2) is 84.9 Å². The van der Waals surface area contributed by atoms with Crippen LogP contribution in [0.4, 0.5) is 0 Å². The van der Waals surface area contributed by atoms with Gasteiger partial charge in [-0.3, -0.25) is 9.59 Å². The third-order valence-electron chi connectivity index (χ3n) is 4.54. The van der Waals surface area contributed by atoms with E-state index in [-0.39, 0.29) is 24.4 Å². The second-order valence-corrected chi connectivity index (χ2v) is 6.46. The van der Waals surface area contributed by atoms with Gasteiger partial charge >= 0.3 is 0 Å². The minimum Gasteiger partial charge on any atom is -0.497 e. The molecule has 3 heteroatoms. The average Bonchev–Trinajstić information content (AvgIpc) is 2.73. The molecule has 1 atom stereocenters. The molecule has 0 saturated carbocycles. The van der Waals surface area contributed by atoms with E-state index in [1.54, 1.807) is 19.2 Å². The highest BCUT2D eigenvalue weighted by molar-refractivity contribution is 6.03. The van der Waals surface area contributed by atoms with Gasteiger partial charge in [-0.25, -0.2) is 0 Å². The largest absolute Gasteiger partial charge is 0.497 e. The molecule has 0 amide bonds. The average molecular weight is 358 g/mol. The van der Waals surface area contributed by atoms with Crippen molar-refractivity contribution in [1.29, 1.82) is 0 Å². The number of hydrogen-bond donors (Lipinski definition) is 0. The smallest absolute Gasteiger partial charge is 0.170 e. The SMILES string of the molecule is COc1cccc(CC(=O)CC(C(=O)c2ccccc2)c2ccccc2)c1. The maximum Gasteiger partial charge on any atom is 0.170 e. The van der Waals surface area contributed by atoms with E-state index in [2.05, 4.69) is 0 Å². The van der Waals surface area contributed by atoms with Gasteiger partial charge in [0.15, 0.2) is 5.78 Å². The highest BCUT2D eigenvalue weighted by Crippen LogP contribution is 2.26. The van der Waals surface area contributed by atoms with Crippen molar-refractivity contribution in [3.05, 3.63) is 102 Å². The normalized spacial score (nSPS) is 11.6. The van der Waals surface area contributed by atoms with Gasteiger partial charge < -0.3 is 4.74 Å². The molecule has 27 heavy (non-hydrogen) atoms. The monoisotopic (exact) mass is 358 g/mol. The Morgan fingerprint density at radius 3 is 2.19 bits per heavy atom. The molecule has 3 aromatic rings. The van der Waals surface area contributed by atoms with Gasteiger partial charge in [-0.15, -0.1) is 0 Å². The van der Waals surface area contributed by atoms with Gasteiger partial charge in [0.05, 0.1) is 13.0 Å². The molecule has 0 fully saturated rings. The van der Waals surface area contributed by atoms with Crippen LogP contribution in [0, 0.1) is 0 Å². The summed E-state index contributed by atoms with van der Waals surface area (Å²) in [6.45, 7) is 0. The van der Waals surface area contributed by atoms with E-state index in [4.69, 9.17) is 4.74 Å². The second-order valence-electron chi connectivity index (χ2n) is 6.46. The first-order valence-corrected chi connectivity index (χ1v) is 8.96. The van der Waals surface area contributed by atoms with Crippen LogP contribution in [0.5, 0.6) is 5.75 Å². The number of benzene rings is 3. The first-order chi connectivity index (χ1) is 13.2. The third kappa shape index (κ3) is 4.91. The summed E-state index contributed by atoms with van der Waals surface area (Å²) in [4.78, 5) is 25.8. The van der Waals surface area contributed by atoms with Gasteiger partial charge in [0.1, 0.15) is 11.5 Å². The van der Waals surface area contributed by atoms with E-state index in [1.165, 1.54) is 0 Å². The van der Waals surface area contributed by atoms with Crippen LogP contribution in [0.2, 0.25) is 0 Å². The van der Waals surface area contributed by atoms with Crippen molar-refractivity contribution in [2.24, 2.45) is 0 Å². The van der Waals surface area contributed by atoms with E-state index in [9.17, 15) is 9.59 Å². The fourth-order valence-electron chi connectivity index (χ4n) is 3.16. The molecular formula is C24H22O3. The minimum atomic E-state index is -0.480. The Kier molecular flexibility index (Phi) is 6.16. The zero-order valence-corrected chi connectivity index (χ0v) is 15.3. The number of hydrogen-bond acceptors (Lipinski definition) is 3. The van der Waals surface area contributed by atoms with Gasteiger partial charge in [-0.1, -0.05) is 72.8 Å². The van der Waals surface area contributed by atoms with E-state index >= 15 is 0 Å². The second kappa shape index (κ2) is 8.95. The van der Waals surface area contributed by atoms with Crippen LogP contribution in [0.25, 0.3) is 0 Å². The first-order valence-electron chi connectivity index (χ1n) is 8.96. The summed E-state index contributed by atoms with van der Waals surface area (Å²) in [5.41, 5.74) is 2.38. The zero-order valence-electron chi connectivity index (χ0n) is 15.3. The molecule has 0 spiro atoms. The molecule has 136 valence electrons. The summed E-state index contributed by atoms with van der Waals surface area (Å²) in [7, 11) is 1.60. The van der Waals surface area contributed by atoms with Crippen LogP contribution in [-0.2, 0) is 11.2 Å². The molecular weight excluding hydrogens is 336 g/mol. The summed E-state index contributed by atoms with van der Waals surface area (Å²) in [5.74, 6) is 0.245. The van der Waals surface area contributed by atoms with E-state index in [0.29, 0.717) is 5.56 Å². The Bertz CT molecular complexity index is 901. The molecule has 3 aromatic carbocycles. The van der Waals surface area contributed by atoms with Gasteiger partial charge in [0, 0.05) is 18.4 Å². The summed E-state index contributed by atoms with van der Waals surface area (Å²) in [6.07, 6.45) is 0.456. The van der Waals surface area contributed by atoms with Crippen LogP contribution in [0.1, 0.15) is 33.8 Å². The maximum absolute atomic E-state index is 13.1. The highest BCUT2D eigenvalue weighted by Gasteiger charge is 2.24. The Labute approximate surface area is 159 Å². The van der Waals surface area contributed by atoms with Gasteiger partial charge in [-0.2, -0.15) is 0 Å². The molecule has 0 aromatic heterocycles. The van der Waals surface area contributed by atoms with E-state index < -0.39 is 5.92 Å². The number of carbonyl (C=O) groups is 2. The molecule has 1 unspecified atom stereocenters. The number of rotatable bonds is 8. The summed E-state index contributed by atoms with van der Waals surface area (Å²) in [6, 6.07) is 26.1. The Hall–Kier alpha value is -3.20. The fraction of sp³-hybridized carbons (Fsp3) is 0.167. The molecule has 0 radical (unpaired) electrons. The third-order valence-corrected chi connectivity index (χ3v) is 4.54. The molecule has 0 heterocycles. The van der Waals surface area contributed by atoms with Crippen LogP contribution in [-0.4, -0.2) is 18.7 Å². The molecule has 3 nitrogen and oxygen atoms in total. The topological polar surface area (TPSA) is 43.4 Å². The van der Waals surface area contributed by atoms with Crippen molar-refractivity contribution in [3.8, 4) is 5.75 Å². The summed E-state index contributed by atoms with van der Waals surface area (Å²) < 4.78 is 5.22. The van der Waals surface area contributed by atoms with E-state index in [1.807, 2.05) is 72.8 Å². The standard InChI is InChI=1S/C24H22O3/c1-27-22-14-8-9-18(16-22)15-21(25)17-23(19-10-4-2-5-11-19)24(26)20-12-6-3-7-13-20/h2-14,16,23H,15,17H2,1H3. The Morgan fingerprint density at radius 2 is 1.52 bits per heavy atom. The molecule has 0 aliphatic rings. The van der Waals surface area contributed by atoms with Gasteiger partial charge in [-0.05, 0) is 23.3 Å². The van der Waals surface area contributed by atoms with Crippen molar-refractivity contribution in [3.63, 3.8) is 0 Å². The van der Waals surface area contributed by atoms with Crippen LogP contribution < -0.4 is 4.74 Å². The predicted octanol–water partition coefficient (Wildman–Crippen LogP) is 4.86. The quantitative estimate of drug-likeness (QED) is 0.540.